The van der Waals surface area contributed by atoms with E-state index in [4.69, 9.17) is 9.52 Å². The highest BCUT2D eigenvalue weighted by Crippen LogP contribution is 2.11. The maximum absolute atomic E-state index is 11.8. The van der Waals surface area contributed by atoms with Crippen molar-refractivity contribution in [2.45, 2.75) is 26.4 Å². The van der Waals surface area contributed by atoms with Crippen LogP contribution in [0.4, 0.5) is 0 Å². The molecule has 0 fully saturated rings. The Morgan fingerprint density at radius 2 is 2.10 bits per heavy atom. The molecular weight excluding hydrogens is 260 g/mol. The molecule has 0 aliphatic carbocycles. The Balaban J connectivity index is 2.17. The maximum atomic E-state index is 11.8. The van der Waals surface area contributed by atoms with Gasteiger partial charge in [0.05, 0.1) is 12.1 Å². The van der Waals surface area contributed by atoms with Gasteiger partial charge in [-0.2, -0.15) is 0 Å². The molecule has 1 aromatic heterocycles. The van der Waals surface area contributed by atoms with Crippen LogP contribution < -0.4 is 5.76 Å². The van der Waals surface area contributed by atoms with E-state index in [1.54, 1.807) is 17.0 Å². The van der Waals surface area contributed by atoms with Gasteiger partial charge in [-0.15, -0.1) is 0 Å². The van der Waals surface area contributed by atoms with Gasteiger partial charge in [0.15, 0.2) is 5.58 Å². The molecule has 0 saturated carbocycles. The maximum Gasteiger partial charge on any atom is 0.419 e. The molecule has 0 saturated heterocycles. The number of oxazole rings is 1. The minimum atomic E-state index is -0.872. The predicted octanol–water partition coefficient (Wildman–Crippen LogP) is 1.39. The van der Waals surface area contributed by atoms with Crippen molar-refractivity contribution in [3.63, 3.8) is 0 Å². The van der Waals surface area contributed by atoms with Crippen molar-refractivity contribution in [2.75, 3.05) is 13.1 Å². The molecule has 108 valence electrons. The van der Waals surface area contributed by atoms with Gasteiger partial charge in [-0.3, -0.25) is 14.3 Å². The number of para-hydroxylation sites is 2. The van der Waals surface area contributed by atoms with Crippen LogP contribution in [-0.4, -0.2) is 39.7 Å². The van der Waals surface area contributed by atoms with E-state index in [1.807, 2.05) is 26.0 Å². The number of benzene rings is 1. The van der Waals surface area contributed by atoms with Gasteiger partial charge >= 0.3 is 11.7 Å². The van der Waals surface area contributed by atoms with E-state index in [9.17, 15) is 9.59 Å². The first-order chi connectivity index (χ1) is 9.49. The summed E-state index contributed by atoms with van der Waals surface area (Å²) in [5.74, 6) is -1.28. The molecule has 6 nitrogen and oxygen atoms in total. The highest BCUT2D eigenvalue weighted by atomic mass is 16.4. The average Bonchev–Trinajstić information content (AvgIpc) is 2.69. The lowest BCUT2D eigenvalue weighted by Gasteiger charge is -2.24. The van der Waals surface area contributed by atoms with Gasteiger partial charge < -0.3 is 9.52 Å². The summed E-state index contributed by atoms with van der Waals surface area (Å²) in [4.78, 5) is 24.4. The topological polar surface area (TPSA) is 75.7 Å². The van der Waals surface area contributed by atoms with E-state index >= 15 is 0 Å². The van der Waals surface area contributed by atoms with Gasteiger partial charge in [0.1, 0.15) is 0 Å². The van der Waals surface area contributed by atoms with Gasteiger partial charge in [0.2, 0.25) is 0 Å². The Bertz CT molecular complexity index is 656. The van der Waals surface area contributed by atoms with Crippen molar-refractivity contribution in [2.24, 2.45) is 0 Å². The van der Waals surface area contributed by atoms with Crippen LogP contribution >= 0.6 is 0 Å². The second-order valence-corrected chi connectivity index (χ2v) is 4.95. The summed E-state index contributed by atoms with van der Waals surface area (Å²) in [6.07, 6.45) is 0. The van der Waals surface area contributed by atoms with E-state index in [2.05, 4.69) is 0 Å². The number of carboxylic acids is 1. The van der Waals surface area contributed by atoms with Crippen LogP contribution in [0.1, 0.15) is 13.8 Å². The first-order valence-corrected chi connectivity index (χ1v) is 6.53. The summed E-state index contributed by atoms with van der Waals surface area (Å²) in [6.45, 7) is 4.70. The molecule has 0 amide bonds. The molecule has 0 radical (unpaired) electrons. The Hall–Kier alpha value is -2.08. The van der Waals surface area contributed by atoms with Gasteiger partial charge in [0, 0.05) is 19.1 Å². The third-order valence-electron chi connectivity index (χ3n) is 3.25. The second kappa shape index (κ2) is 5.92. The summed E-state index contributed by atoms with van der Waals surface area (Å²) < 4.78 is 6.68. The Morgan fingerprint density at radius 1 is 1.40 bits per heavy atom. The zero-order valence-electron chi connectivity index (χ0n) is 11.6. The number of rotatable bonds is 6. The molecule has 1 heterocycles. The van der Waals surface area contributed by atoms with Crippen molar-refractivity contribution < 1.29 is 14.3 Å². The molecule has 0 spiro atoms. The minimum absolute atomic E-state index is 0.0395. The summed E-state index contributed by atoms with van der Waals surface area (Å²) in [7, 11) is 0. The van der Waals surface area contributed by atoms with Crippen LogP contribution in [0.2, 0.25) is 0 Å². The molecule has 0 aliphatic rings. The molecule has 20 heavy (non-hydrogen) atoms. The smallest absolute Gasteiger partial charge is 0.419 e. The zero-order chi connectivity index (χ0) is 14.7. The van der Waals surface area contributed by atoms with Gasteiger partial charge in [0.25, 0.3) is 0 Å². The SMILES string of the molecule is CC(C)N(CCn1c(=O)oc2ccccc21)CC(=O)O. The number of aliphatic carboxylic acids is 1. The summed E-state index contributed by atoms with van der Waals surface area (Å²) in [6, 6.07) is 7.30. The monoisotopic (exact) mass is 278 g/mol. The molecule has 0 unspecified atom stereocenters. The highest BCUT2D eigenvalue weighted by molar-refractivity contribution is 5.72. The zero-order valence-corrected chi connectivity index (χ0v) is 11.6. The quantitative estimate of drug-likeness (QED) is 0.864. The van der Waals surface area contributed by atoms with Gasteiger partial charge in [-0.05, 0) is 26.0 Å². The van der Waals surface area contributed by atoms with E-state index < -0.39 is 11.7 Å². The first-order valence-electron chi connectivity index (χ1n) is 6.53. The molecule has 1 N–H and O–H groups in total. The van der Waals surface area contributed by atoms with Gasteiger partial charge in [-0.1, -0.05) is 12.1 Å². The third kappa shape index (κ3) is 3.08. The molecule has 2 aromatic rings. The molecule has 0 bridgehead atoms. The number of hydrogen-bond donors (Lipinski definition) is 1. The van der Waals surface area contributed by atoms with Crippen LogP contribution in [0, 0.1) is 0 Å². The number of fused-ring (bicyclic) bond motifs is 1. The van der Waals surface area contributed by atoms with Gasteiger partial charge in [-0.25, -0.2) is 4.79 Å². The fraction of sp³-hybridized carbons (Fsp3) is 0.429. The van der Waals surface area contributed by atoms with Crippen molar-refractivity contribution in [1.29, 1.82) is 0 Å². The number of aromatic nitrogens is 1. The van der Waals surface area contributed by atoms with Crippen LogP contribution in [0.3, 0.4) is 0 Å². The van der Waals surface area contributed by atoms with Crippen molar-refractivity contribution in [3.8, 4) is 0 Å². The highest BCUT2D eigenvalue weighted by Gasteiger charge is 2.15. The van der Waals surface area contributed by atoms with E-state index in [0.717, 1.165) is 5.52 Å². The van der Waals surface area contributed by atoms with E-state index in [0.29, 0.717) is 18.7 Å². The predicted molar refractivity (Wildman–Crippen MR) is 74.8 cm³/mol. The molecule has 6 heteroatoms. The Labute approximate surface area is 116 Å². The van der Waals surface area contributed by atoms with Crippen molar-refractivity contribution in [3.05, 3.63) is 34.8 Å². The summed E-state index contributed by atoms with van der Waals surface area (Å²) in [5, 5.41) is 8.89. The van der Waals surface area contributed by atoms with Crippen molar-refractivity contribution >= 4 is 17.1 Å². The number of carbonyl (C=O) groups is 1. The average molecular weight is 278 g/mol. The molecule has 0 aliphatic heterocycles. The van der Waals surface area contributed by atoms with Crippen molar-refractivity contribution in [1.82, 2.24) is 9.47 Å². The Morgan fingerprint density at radius 3 is 2.75 bits per heavy atom. The first kappa shape index (κ1) is 14.3. The number of carboxylic acid groups (broad SMARTS) is 1. The fourth-order valence-electron chi connectivity index (χ4n) is 2.15. The standard InChI is InChI=1S/C14H18N2O4/c1-10(2)15(9-13(17)18)7-8-16-11-5-3-4-6-12(11)20-14(16)19/h3-6,10H,7-9H2,1-2H3,(H,17,18). The lowest BCUT2D eigenvalue weighted by molar-refractivity contribution is -0.138. The number of nitrogens with zero attached hydrogens (tertiary/aromatic N) is 2. The molecule has 0 atom stereocenters. The van der Waals surface area contributed by atoms with Crippen LogP contribution in [0.15, 0.2) is 33.5 Å². The summed E-state index contributed by atoms with van der Waals surface area (Å²) in [5.41, 5.74) is 1.28. The second-order valence-electron chi connectivity index (χ2n) is 4.95. The lowest BCUT2D eigenvalue weighted by Crippen LogP contribution is -2.38. The normalized spacial score (nSPS) is 11.6. The molecular formula is C14H18N2O4. The largest absolute Gasteiger partial charge is 0.480 e. The summed E-state index contributed by atoms with van der Waals surface area (Å²) >= 11 is 0. The van der Waals surface area contributed by atoms with Crippen LogP contribution in [0.5, 0.6) is 0 Å². The van der Waals surface area contributed by atoms with Crippen LogP contribution in [0.25, 0.3) is 11.1 Å². The van der Waals surface area contributed by atoms with Crippen LogP contribution in [-0.2, 0) is 11.3 Å². The lowest BCUT2D eigenvalue weighted by atomic mass is 10.3. The van der Waals surface area contributed by atoms with E-state index in [1.165, 1.54) is 4.57 Å². The number of hydrogen-bond acceptors (Lipinski definition) is 4. The fourth-order valence-corrected chi connectivity index (χ4v) is 2.15. The molecule has 2 rings (SSSR count). The third-order valence-corrected chi connectivity index (χ3v) is 3.25. The van der Waals surface area contributed by atoms with E-state index in [-0.39, 0.29) is 12.6 Å². The Kier molecular flexibility index (Phi) is 4.24. The molecule has 1 aromatic carbocycles. The minimum Gasteiger partial charge on any atom is -0.480 e.